The van der Waals surface area contributed by atoms with E-state index in [0.29, 0.717) is 61.1 Å². The Morgan fingerprint density at radius 1 is 1.04 bits per heavy atom. The normalized spacial score (nSPS) is 16.8. The third kappa shape index (κ3) is 7.52. The fourth-order valence-electron chi connectivity index (χ4n) is 6.55. The van der Waals surface area contributed by atoms with Crippen LogP contribution < -0.4 is 11.0 Å². The van der Waals surface area contributed by atoms with Crippen LogP contribution in [0.1, 0.15) is 58.6 Å². The summed E-state index contributed by atoms with van der Waals surface area (Å²) in [4.78, 5) is 47.3. The zero-order valence-electron chi connectivity index (χ0n) is 28.0. The van der Waals surface area contributed by atoms with Crippen molar-refractivity contribution in [2.75, 3.05) is 6.61 Å². The molecule has 11 nitrogen and oxygen atoms in total. The van der Waals surface area contributed by atoms with E-state index in [4.69, 9.17) is 16.3 Å². The van der Waals surface area contributed by atoms with E-state index in [1.807, 2.05) is 24.3 Å². The second kappa shape index (κ2) is 14.4. The molecule has 0 radical (unpaired) electrons. The van der Waals surface area contributed by atoms with Gasteiger partial charge in [-0.15, -0.1) is 0 Å². The van der Waals surface area contributed by atoms with Crippen LogP contribution in [0.5, 0.6) is 0 Å². The third-order valence-corrected chi connectivity index (χ3v) is 11.1. The maximum atomic E-state index is 14.1. The molecule has 0 unspecified atom stereocenters. The maximum absolute atomic E-state index is 14.1. The predicted octanol–water partition coefficient (Wildman–Crippen LogP) is 7.13. The number of carbonyl (C=O) groups is 2. The molecule has 1 aliphatic rings. The van der Waals surface area contributed by atoms with E-state index in [9.17, 15) is 28.3 Å². The van der Waals surface area contributed by atoms with Crippen molar-refractivity contribution in [3.8, 4) is 5.69 Å². The van der Waals surface area contributed by atoms with Crippen LogP contribution in [0, 0.1) is 5.92 Å². The minimum atomic E-state index is -2.91. The van der Waals surface area contributed by atoms with Crippen LogP contribution in [-0.4, -0.2) is 61.4 Å². The number of fused-ring (bicyclic) bond motifs is 2. The van der Waals surface area contributed by atoms with E-state index in [-0.39, 0.29) is 40.7 Å². The Hall–Kier alpha value is -4.40. The summed E-state index contributed by atoms with van der Waals surface area (Å²) in [5, 5.41) is 13.5. The van der Waals surface area contributed by atoms with Crippen molar-refractivity contribution >= 4 is 53.6 Å². The maximum Gasteiger partial charge on any atom is 0.352 e. The van der Waals surface area contributed by atoms with Gasteiger partial charge in [0.15, 0.2) is 0 Å². The zero-order chi connectivity index (χ0) is 35.7. The Morgan fingerprint density at radius 2 is 1.76 bits per heavy atom. The van der Waals surface area contributed by atoms with Crippen molar-refractivity contribution in [3.05, 3.63) is 87.3 Å². The van der Waals surface area contributed by atoms with Gasteiger partial charge in [-0.2, -0.15) is 0 Å². The number of carboxylic acids is 1. The largest absolute Gasteiger partial charge is 0.477 e. The highest BCUT2D eigenvalue weighted by Crippen LogP contribution is 2.29. The molecule has 4 aromatic heterocycles. The topological polar surface area (TPSA) is 133 Å². The number of aromatic nitrogens is 5. The lowest BCUT2D eigenvalue weighted by molar-refractivity contribution is 0.0629. The summed E-state index contributed by atoms with van der Waals surface area (Å²) in [5.74, 6) is -1.59. The summed E-state index contributed by atoms with van der Waals surface area (Å²) in [6, 6.07) is 12.7. The van der Waals surface area contributed by atoms with E-state index in [1.54, 1.807) is 32.0 Å². The number of aromatic carboxylic acids is 1. The summed E-state index contributed by atoms with van der Waals surface area (Å²) in [6.07, 6.45) is 2.43. The number of rotatable bonds is 12. The molecule has 5 aromatic rings. The molecule has 6 rings (SSSR count). The van der Waals surface area contributed by atoms with Crippen molar-refractivity contribution < 1.29 is 28.2 Å². The monoisotopic (exact) mass is 724 g/mol. The van der Waals surface area contributed by atoms with Crippen molar-refractivity contribution in [2.24, 2.45) is 5.92 Å². The Bertz CT molecular complexity index is 2120. The van der Waals surface area contributed by atoms with E-state index in [2.05, 4.69) is 34.9 Å². The Balaban J connectivity index is 1.20. The molecule has 1 aliphatic carbocycles. The molecule has 1 aromatic carbocycles. The number of nitrogens with one attached hydrogen (secondary N) is 1. The molecular weight excluding hydrogens is 686 g/mol. The standard InChI is InChI=1S/C35H39ClF2N6O5Si/c1-50(2,3)13-12-49-20-43-29(34(46)47)15-22-14-25(18-40-32(22)43)44-28-7-5-4-6-27(28)42(35(44)48)19-21-8-10-24(11-9-21)41-33(45)26-16-23(36)17-39-30(26)31(37)38/h4-7,14-18,21,24,31H,8-13,19-20H2,1-3H3,(H,41,45)(H,46,47)/t21-,24-. The summed E-state index contributed by atoms with van der Waals surface area (Å²) in [5.41, 5.74) is 1.38. The van der Waals surface area contributed by atoms with Gasteiger partial charge in [-0.3, -0.25) is 23.5 Å². The number of para-hydroxylation sites is 2. The number of carboxylic acid groups (broad SMARTS) is 1. The highest BCUT2D eigenvalue weighted by atomic mass is 35.5. The third-order valence-electron chi connectivity index (χ3n) is 9.21. The Labute approximate surface area is 292 Å². The van der Waals surface area contributed by atoms with Gasteiger partial charge in [-0.1, -0.05) is 43.4 Å². The van der Waals surface area contributed by atoms with E-state index < -0.39 is 32.1 Å². The Morgan fingerprint density at radius 3 is 2.44 bits per heavy atom. The van der Waals surface area contributed by atoms with Crippen LogP contribution in [-0.2, 0) is 18.0 Å². The lowest BCUT2D eigenvalue weighted by Crippen LogP contribution is -2.39. The minimum Gasteiger partial charge on any atom is -0.477 e. The van der Waals surface area contributed by atoms with Gasteiger partial charge in [0.1, 0.15) is 23.8 Å². The van der Waals surface area contributed by atoms with Crippen molar-refractivity contribution in [2.45, 2.75) is 77.1 Å². The molecule has 4 heterocycles. The van der Waals surface area contributed by atoms with E-state index >= 15 is 0 Å². The predicted molar refractivity (Wildman–Crippen MR) is 189 cm³/mol. The van der Waals surface area contributed by atoms with Crippen LogP contribution in [0.4, 0.5) is 8.78 Å². The number of imidazole rings is 1. The molecule has 15 heteroatoms. The number of alkyl halides is 2. The smallest absolute Gasteiger partial charge is 0.352 e. The average molecular weight is 725 g/mol. The zero-order valence-corrected chi connectivity index (χ0v) is 29.8. The number of hydrogen-bond donors (Lipinski definition) is 2. The fraction of sp³-hybridized carbons (Fsp3) is 0.400. The van der Waals surface area contributed by atoms with Crippen LogP contribution in [0.2, 0.25) is 30.7 Å². The van der Waals surface area contributed by atoms with Crippen molar-refractivity contribution in [1.82, 2.24) is 29.0 Å². The molecule has 0 aliphatic heterocycles. The van der Waals surface area contributed by atoms with Gasteiger partial charge >= 0.3 is 11.7 Å². The van der Waals surface area contributed by atoms with Crippen molar-refractivity contribution in [3.63, 3.8) is 0 Å². The van der Waals surface area contributed by atoms with E-state index in [1.165, 1.54) is 6.07 Å². The van der Waals surface area contributed by atoms with Crippen molar-refractivity contribution in [1.29, 1.82) is 0 Å². The molecule has 0 saturated heterocycles. The van der Waals surface area contributed by atoms with Gasteiger partial charge in [0.25, 0.3) is 12.3 Å². The molecule has 264 valence electrons. The van der Waals surface area contributed by atoms with Gasteiger partial charge < -0.3 is 15.2 Å². The van der Waals surface area contributed by atoms with Crippen LogP contribution >= 0.6 is 11.6 Å². The van der Waals surface area contributed by atoms with Gasteiger partial charge in [-0.25, -0.2) is 23.4 Å². The first-order valence-corrected chi connectivity index (χ1v) is 20.6. The highest BCUT2D eigenvalue weighted by molar-refractivity contribution is 6.76. The number of amides is 1. The summed E-state index contributed by atoms with van der Waals surface area (Å²) >= 11 is 5.93. The first-order chi connectivity index (χ1) is 23.8. The minimum absolute atomic E-state index is 0.0536. The molecule has 1 saturated carbocycles. The first-order valence-electron chi connectivity index (χ1n) is 16.6. The van der Waals surface area contributed by atoms with E-state index in [0.717, 1.165) is 17.8 Å². The van der Waals surface area contributed by atoms with Crippen LogP contribution in [0.25, 0.3) is 27.8 Å². The second-order valence-electron chi connectivity index (χ2n) is 14.0. The number of carbonyl (C=O) groups excluding carboxylic acids is 1. The number of pyridine rings is 2. The highest BCUT2D eigenvalue weighted by Gasteiger charge is 2.28. The summed E-state index contributed by atoms with van der Waals surface area (Å²) < 4.78 is 37.7. The van der Waals surface area contributed by atoms with Crippen LogP contribution in [0.15, 0.2) is 59.7 Å². The molecule has 0 atom stereocenters. The molecular formula is C35H39ClF2N6O5Si. The lowest BCUT2D eigenvalue weighted by atomic mass is 9.85. The molecule has 2 N–H and O–H groups in total. The quantitative estimate of drug-likeness (QED) is 0.103. The SMILES string of the molecule is C[Si](C)(C)CCOCn1c(C(=O)O)cc2cc(-n3c(=O)n(C[C@H]4CC[C@H](NC(=O)c5cc(Cl)cnc5C(F)F)CC4)c4ccccc43)cnc21. The molecule has 1 amide bonds. The first kappa shape index (κ1) is 35.4. The van der Waals surface area contributed by atoms with Gasteiger partial charge in [0.05, 0.1) is 33.5 Å². The average Bonchev–Trinajstić information content (AvgIpc) is 3.57. The molecule has 1 fully saturated rings. The molecule has 50 heavy (non-hydrogen) atoms. The Kier molecular flexibility index (Phi) is 10.2. The van der Waals surface area contributed by atoms with Gasteiger partial charge in [0, 0.05) is 38.9 Å². The number of nitrogens with zero attached hydrogens (tertiary/aromatic N) is 5. The number of hydrogen-bond acceptors (Lipinski definition) is 6. The second-order valence-corrected chi connectivity index (χ2v) is 20.1. The molecule has 0 spiro atoms. The molecule has 0 bridgehead atoms. The fourth-order valence-corrected chi connectivity index (χ4v) is 7.46. The number of ether oxygens (including phenoxy) is 1. The number of halogens is 3. The van der Waals surface area contributed by atoms with Gasteiger partial charge in [-0.05, 0) is 68.0 Å². The van der Waals surface area contributed by atoms with Gasteiger partial charge in [0.2, 0.25) is 0 Å². The number of benzene rings is 1. The summed E-state index contributed by atoms with van der Waals surface area (Å²) in [6.45, 7) is 7.78. The summed E-state index contributed by atoms with van der Waals surface area (Å²) in [7, 11) is -1.32. The van der Waals surface area contributed by atoms with Crippen LogP contribution in [0.3, 0.4) is 0 Å². The lowest BCUT2D eigenvalue weighted by Gasteiger charge is -2.29.